The van der Waals surface area contributed by atoms with Crippen molar-refractivity contribution in [2.75, 3.05) is 11.9 Å². The summed E-state index contributed by atoms with van der Waals surface area (Å²) < 4.78 is 0. The van der Waals surface area contributed by atoms with Crippen LogP contribution in [0.2, 0.25) is 5.02 Å². The van der Waals surface area contributed by atoms with Crippen LogP contribution in [0.15, 0.2) is 42.5 Å². The van der Waals surface area contributed by atoms with Crippen molar-refractivity contribution in [2.45, 2.75) is 33.4 Å². The minimum atomic E-state index is -0.478. The number of carbonyl (C=O) groups excluding carboxylic acids is 1. The lowest BCUT2D eigenvalue weighted by Gasteiger charge is -2.26. The van der Waals surface area contributed by atoms with E-state index < -0.39 is 4.92 Å². The van der Waals surface area contributed by atoms with Crippen molar-refractivity contribution < 1.29 is 9.72 Å². The van der Waals surface area contributed by atoms with Crippen molar-refractivity contribution in [3.05, 3.63) is 68.7 Å². The predicted molar refractivity (Wildman–Crippen MR) is 103 cm³/mol. The van der Waals surface area contributed by atoms with Crippen LogP contribution in [-0.2, 0) is 11.3 Å². The molecule has 2 rings (SSSR count). The Labute approximate surface area is 157 Å². The average Bonchev–Trinajstić information content (AvgIpc) is 2.56. The molecule has 0 aromatic heterocycles. The standard InChI is InChI=1S/C19H22ClN3O3/c1-13(2)22(11-15-5-4-6-16(20)9-15)12-19(24)21-18-10-17(23(25)26)8-7-14(18)3/h4-10,13H,11-12H2,1-3H3,(H,21,24). The SMILES string of the molecule is Cc1ccc([N+](=O)[O-])cc1NC(=O)CN(Cc1cccc(Cl)c1)C(C)C. The van der Waals surface area contributed by atoms with E-state index in [1.54, 1.807) is 13.0 Å². The number of non-ortho nitro benzene ring substituents is 1. The summed E-state index contributed by atoms with van der Waals surface area (Å²) in [6, 6.07) is 12.1. The van der Waals surface area contributed by atoms with Crippen LogP contribution in [0, 0.1) is 17.0 Å². The van der Waals surface area contributed by atoms with E-state index in [9.17, 15) is 14.9 Å². The molecule has 0 unspecified atom stereocenters. The van der Waals surface area contributed by atoms with Gasteiger partial charge in [0.05, 0.1) is 17.2 Å². The zero-order chi connectivity index (χ0) is 19.3. The molecular weight excluding hydrogens is 354 g/mol. The second kappa shape index (κ2) is 8.78. The highest BCUT2D eigenvalue weighted by molar-refractivity contribution is 6.30. The normalized spacial score (nSPS) is 11.0. The Balaban J connectivity index is 2.08. The van der Waals surface area contributed by atoms with Crippen molar-refractivity contribution >= 4 is 28.9 Å². The summed E-state index contributed by atoms with van der Waals surface area (Å²) in [7, 11) is 0. The van der Waals surface area contributed by atoms with Gasteiger partial charge in [-0.1, -0.05) is 29.8 Å². The molecular formula is C19H22ClN3O3. The maximum atomic E-state index is 12.5. The van der Waals surface area contributed by atoms with E-state index >= 15 is 0 Å². The first-order valence-corrected chi connectivity index (χ1v) is 8.67. The van der Waals surface area contributed by atoms with Gasteiger partial charge in [0.1, 0.15) is 0 Å². The number of rotatable bonds is 7. The molecule has 0 aliphatic heterocycles. The van der Waals surface area contributed by atoms with Crippen LogP contribution >= 0.6 is 11.6 Å². The molecule has 0 saturated heterocycles. The Morgan fingerprint density at radius 1 is 1.27 bits per heavy atom. The largest absolute Gasteiger partial charge is 0.324 e. The van der Waals surface area contributed by atoms with Crippen LogP contribution < -0.4 is 5.32 Å². The Hall–Kier alpha value is -2.44. The Morgan fingerprint density at radius 3 is 2.62 bits per heavy atom. The molecule has 0 heterocycles. The lowest BCUT2D eigenvalue weighted by atomic mass is 10.1. The fourth-order valence-electron chi connectivity index (χ4n) is 2.52. The van der Waals surface area contributed by atoms with Gasteiger partial charge in [-0.05, 0) is 44.0 Å². The molecule has 7 heteroatoms. The molecule has 0 aliphatic rings. The van der Waals surface area contributed by atoms with Gasteiger partial charge < -0.3 is 5.32 Å². The van der Waals surface area contributed by atoms with Crippen molar-refractivity contribution in [1.29, 1.82) is 0 Å². The summed E-state index contributed by atoms with van der Waals surface area (Å²) in [6.07, 6.45) is 0. The van der Waals surface area contributed by atoms with Gasteiger partial charge >= 0.3 is 0 Å². The first-order chi connectivity index (χ1) is 12.3. The van der Waals surface area contributed by atoms with Crippen molar-refractivity contribution in [3.8, 4) is 0 Å². The van der Waals surface area contributed by atoms with Gasteiger partial charge in [0.15, 0.2) is 0 Å². The van der Waals surface area contributed by atoms with E-state index in [0.717, 1.165) is 11.1 Å². The zero-order valence-corrected chi connectivity index (χ0v) is 15.8. The highest BCUT2D eigenvalue weighted by atomic mass is 35.5. The quantitative estimate of drug-likeness (QED) is 0.574. The number of nitrogens with zero attached hydrogens (tertiary/aromatic N) is 2. The van der Waals surface area contributed by atoms with E-state index in [4.69, 9.17) is 11.6 Å². The van der Waals surface area contributed by atoms with E-state index in [1.165, 1.54) is 12.1 Å². The second-order valence-corrected chi connectivity index (χ2v) is 6.87. The van der Waals surface area contributed by atoms with Gasteiger partial charge in [-0.25, -0.2) is 0 Å². The Morgan fingerprint density at radius 2 is 2.00 bits per heavy atom. The van der Waals surface area contributed by atoms with Crippen LogP contribution in [0.3, 0.4) is 0 Å². The maximum Gasteiger partial charge on any atom is 0.271 e. The fourth-order valence-corrected chi connectivity index (χ4v) is 2.74. The van der Waals surface area contributed by atoms with Crippen LogP contribution in [-0.4, -0.2) is 28.3 Å². The number of nitro groups is 1. The molecule has 2 aromatic rings. The van der Waals surface area contributed by atoms with Crippen LogP contribution in [0.5, 0.6) is 0 Å². The predicted octanol–water partition coefficient (Wildman–Crippen LogP) is 4.41. The molecule has 0 radical (unpaired) electrons. The number of benzene rings is 2. The molecule has 1 amide bonds. The lowest BCUT2D eigenvalue weighted by molar-refractivity contribution is -0.384. The molecule has 0 bridgehead atoms. The van der Waals surface area contributed by atoms with Gasteiger partial charge in [0, 0.05) is 29.7 Å². The zero-order valence-electron chi connectivity index (χ0n) is 15.0. The number of halogens is 1. The molecule has 0 saturated carbocycles. The Bertz CT molecular complexity index is 808. The Kier molecular flexibility index (Phi) is 6.71. The number of nitrogens with one attached hydrogen (secondary N) is 1. The molecule has 0 spiro atoms. The minimum absolute atomic E-state index is 0.0504. The van der Waals surface area contributed by atoms with E-state index in [0.29, 0.717) is 17.3 Å². The van der Waals surface area contributed by atoms with Gasteiger partial charge in [0.2, 0.25) is 5.91 Å². The highest BCUT2D eigenvalue weighted by Gasteiger charge is 2.17. The van der Waals surface area contributed by atoms with Gasteiger partial charge in [-0.2, -0.15) is 0 Å². The number of hydrogen-bond acceptors (Lipinski definition) is 4. The van der Waals surface area contributed by atoms with Crippen LogP contribution in [0.1, 0.15) is 25.0 Å². The smallest absolute Gasteiger partial charge is 0.271 e. The first-order valence-electron chi connectivity index (χ1n) is 8.29. The van der Waals surface area contributed by atoms with Gasteiger partial charge in [0.25, 0.3) is 5.69 Å². The van der Waals surface area contributed by atoms with Crippen molar-refractivity contribution in [3.63, 3.8) is 0 Å². The fraction of sp³-hybridized carbons (Fsp3) is 0.316. The topological polar surface area (TPSA) is 75.5 Å². The van der Waals surface area contributed by atoms with E-state index in [2.05, 4.69) is 5.32 Å². The third kappa shape index (κ3) is 5.54. The third-order valence-electron chi connectivity index (χ3n) is 4.06. The van der Waals surface area contributed by atoms with Crippen molar-refractivity contribution in [2.24, 2.45) is 0 Å². The highest BCUT2D eigenvalue weighted by Crippen LogP contribution is 2.22. The van der Waals surface area contributed by atoms with Crippen LogP contribution in [0.25, 0.3) is 0 Å². The number of anilines is 1. The van der Waals surface area contributed by atoms with E-state index in [1.807, 2.05) is 43.0 Å². The molecule has 0 atom stereocenters. The molecule has 26 heavy (non-hydrogen) atoms. The van der Waals surface area contributed by atoms with Crippen molar-refractivity contribution in [1.82, 2.24) is 4.90 Å². The monoisotopic (exact) mass is 375 g/mol. The summed E-state index contributed by atoms with van der Waals surface area (Å²) in [6.45, 7) is 6.57. The average molecular weight is 376 g/mol. The summed E-state index contributed by atoms with van der Waals surface area (Å²) in [5.41, 5.74) is 2.20. The van der Waals surface area contributed by atoms with Gasteiger partial charge in [-0.3, -0.25) is 19.8 Å². The van der Waals surface area contributed by atoms with Crippen LogP contribution in [0.4, 0.5) is 11.4 Å². The maximum absolute atomic E-state index is 12.5. The summed E-state index contributed by atoms with van der Waals surface area (Å²) in [5.74, 6) is -0.218. The number of amides is 1. The third-order valence-corrected chi connectivity index (χ3v) is 4.29. The minimum Gasteiger partial charge on any atom is -0.324 e. The molecule has 0 fully saturated rings. The molecule has 6 nitrogen and oxygen atoms in total. The first kappa shape index (κ1) is 19.9. The summed E-state index contributed by atoms with van der Waals surface area (Å²) >= 11 is 6.03. The molecule has 138 valence electrons. The molecule has 1 N–H and O–H groups in total. The molecule has 0 aliphatic carbocycles. The lowest BCUT2D eigenvalue weighted by Crippen LogP contribution is -2.37. The summed E-state index contributed by atoms with van der Waals surface area (Å²) in [5, 5.41) is 14.4. The molecule has 2 aromatic carbocycles. The number of hydrogen-bond donors (Lipinski definition) is 1. The number of aryl methyl sites for hydroxylation is 1. The van der Waals surface area contributed by atoms with Gasteiger partial charge in [-0.15, -0.1) is 0 Å². The second-order valence-electron chi connectivity index (χ2n) is 6.43. The number of carbonyl (C=O) groups is 1. The number of nitro benzene ring substituents is 1. The van der Waals surface area contributed by atoms with E-state index in [-0.39, 0.29) is 24.2 Å². The summed E-state index contributed by atoms with van der Waals surface area (Å²) in [4.78, 5) is 24.9.